The topological polar surface area (TPSA) is 30.0 Å². The maximum Gasteiger partial charge on any atom is 0.141 e. The maximum absolute atomic E-state index is 11.8. The van der Waals surface area contributed by atoms with Crippen LogP contribution >= 0.6 is 22.6 Å². The highest BCUT2D eigenvalue weighted by Crippen LogP contribution is 2.09. The van der Waals surface area contributed by atoms with E-state index in [0.717, 1.165) is 11.1 Å². The van der Waals surface area contributed by atoms with E-state index in [0.29, 0.717) is 12.8 Å². The molecule has 2 rings (SSSR count). The van der Waals surface area contributed by atoms with Gasteiger partial charge in [-0.1, -0.05) is 18.2 Å². The molecule has 1 aromatic heterocycles. The molecular weight excluding hydrogens is 325 g/mol. The van der Waals surface area contributed by atoms with Crippen molar-refractivity contribution in [2.24, 2.45) is 0 Å². The first-order chi connectivity index (χ1) is 8.24. The summed E-state index contributed by atoms with van der Waals surface area (Å²) in [4.78, 5) is 15.8. The summed E-state index contributed by atoms with van der Waals surface area (Å²) in [5.74, 6) is 0.221. The predicted octanol–water partition coefficient (Wildman–Crippen LogP) is 3.04. The molecule has 0 amide bonds. The molecule has 1 aromatic carbocycles. The highest BCUT2D eigenvalue weighted by Gasteiger charge is 2.05. The minimum Gasteiger partial charge on any atom is -0.299 e. The van der Waals surface area contributed by atoms with Gasteiger partial charge in [-0.05, 0) is 51.9 Å². The van der Waals surface area contributed by atoms with Crippen molar-refractivity contribution in [3.8, 4) is 0 Å². The number of aromatic nitrogens is 1. The zero-order valence-electron chi connectivity index (χ0n) is 9.27. The molecule has 0 aliphatic rings. The standard InChI is InChI=1S/C14H12INO/c15-13-5-3-11(4-6-13)8-14(17)9-12-2-1-7-16-10-12/h1-7,10H,8-9H2. The quantitative estimate of drug-likeness (QED) is 0.803. The zero-order chi connectivity index (χ0) is 12.1. The molecule has 86 valence electrons. The Balaban J connectivity index is 1.96. The van der Waals surface area contributed by atoms with E-state index in [1.807, 2.05) is 36.4 Å². The molecule has 17 heavy (non-hydrogen) atoms. The van der Waals surface area contributed by atoms with Gasteiger partial charge in [0.05, 0.1) is 0 Å². The van der Waals surface area contributed by atoms with Gasteiger partial charge in [-0.15, -0.1) is 0 Å². The fourth-order valence-corrected chi connectivity index (χ4v) is 1.98. The molecule has 0 unspecified atom stereocenters. The average molecular weight is 337 g/mol. The third kappa shape index (κ3) is 3.93. The molecule has 1 heterocycles. The largest absolute Gasteiger partial charge is 0.299 e. The Bertz CT molecular complexity index is 493. The molecule has 2 nitrogen and oxygen atoms in total. The summed E-state index contributed by atoms with van der Waals surface area (Å²) in [5, 5.41) is 0. The monoisotopic (exact) mass is 337 g/mol. The minimum absolute atomic E-state index is 0.221. The van der Waals surface area contributed by atoms with Crippen LogP contribution < -0.4 is 0 Å². The number of hydrogen-bond acceptors (Lipinski definition) is 2. The summed E-state index contributed by atoms with van der Waals surface area (Å²) < 4.78 is 1.19. The van der Waals surface area contributed by atoms with Gasteiger partial charge < -0.3 is 0 Å². The lowest BCUT2D eigenvalue weighted by molar-refractivity contribution is -0.117. The molecule has 0 bridgehead atoms. The van der Waals surface area contributed by atoms with E-state index in [9.17, 15) is 4.79 Å². The first-order valence-electron chi connectivity index (χ1n) is 5.39. The number of Topliss-reactive ketones (excluding diaryl/α,β-unsaturated/α-hetero) is 1. The van der Waals surface area contributed by atoms with Crippen LogP contribution in [0.2, 0.25) is 0 Å². The van der Waals surface area contributed by atoms with Crippen molar-refractivity contribution >= 4 is 28.4 Å². The highest BCUT2D eigenvalue weighted by molar-refractivity contribution is 14.1. The first-order valence-corrected chi connectivity index (χ1v) is 6.47. The first kappa shape index (κ1) is 12.2. The molecule has 0 N–H and O–H groups in total. The summed E-state index contributed by atoms with van der Waals surface area (Å²) >= 11 is 2.26. The molecule has 0 aliphatic carbocycles. The summed E-state index contributed by atoms with van der Waals surface area (Å²) in [6.45, 7) is 0. The molecule has 2 aromatic rings. The second-order valence-electron chi connectivity index (χ2n) is 3.88. The zero-order valence-corrected chi connectivity index (χ0v) is 11.4. The van der Waals surface area contributed by atoms with E-state index in [2.05, 4.69) is 27.6 Å². The number of rotatable bonds is 4. The fraction of sp³-hybridized carbons (Fsp3) is 0.143. The number of nitrogens with zero attached hydrogens (tertiary/aromatic N) is 1. The fourth-order valence-electron chi connectivity index (χ4n) is 1.62. The molecule has 0 aliphatic heterocycles. The maximum atomic E-state index is 11.8. The number of carbonyl (C=O) groups is 1. The molecule has 0 radical (unpaired) electrons. The van der Waals surface area contributed by atoms with E-state index >= 15 is 0 Å². The smallest absolute Gasteiger partial charge is 0.141 e. The molecule has 0 fully saturated rings. The van der Waals surface area contributed by atoms with Gasteiger partial charge in [0.25, 0.3) is 0 Å². The lowest BCUT2D eigenvalue weighted by Gasteiger charge is -2.01. The van der Waals surface area contributed by atoms with Gasteiger partial charge in [0.1, 0.15) is 5.78 Å². The molecule has 0 spiro atoms. The van der Waals surface area contributed by atoms with Crippen LogP contribution in [0.1, 0.15) is 11.1 Å². The van der Waals surface area contributed by atoms with Crippen molar-refractivity contribution in [1.29, 1.82) is 0 Å². The second-order valence-corrected chi connectivity index (χ2v) is 5.13. The number of pyridine rings is 1. The Morgan fingerprint density at radius 3 is 2.41 bits per heavy atom. The third-order valence-electron chi connectivity index (χ3n) is 2.44. The SMILES string of the molecule is O=C(Cc1ccc(I)cc1)Cc1cccnc1. The number of carbonyl (C=O) groups excluding carboxylic acids is 1. The van der Waals surface area contributed by atoms with Gasteiger partial charge in [-0.3, -0.25) is 9.78 Å². The Labute approximate surface area is 114 Å². The summed E-state index contributed by atoms with van der Waals surface area (Å²) in [6, 6.07) is 11.8. The number of benzene rings is 1. The van der Waals surface area contributed by atoms with Crippen molar-refractivity contribution < 1.29 is 4.79 Å². The molecule has 0 saturated carbocycles. The van der Waals surface area contributed by atoms with E-state index < -0.39 is 0 Å². The van der Waals surface area contributed by atoms with Crippen LogP contribution in [-0.4, -0.2) is 10.8 Å². The number of ketones is 1. The molecular formula is C14H12INO. The van der Waals surface area contributed by atoms with Crippen LogP contribution in [0.25, 0.3) is 0 Å². The lowest BCUT2D eigenvalue weighted by atomic mass is 10.0. The van der Waals surface area contributed by atoms with Gasteiger partial charge in [-0.2, -0.15) is 0 Å². The third-order valence-corrected chi connectivity index (χ3v) is 3.16. The van der Waals surface area contributed by atoms with Crippen LogP contribution in [-0.2, 0) is 17.6 Å². The van der Waals surface area contributed by atoms with Crippen LogP contribution in [0.3, 0.4) is 0 Å². The second kappa shape index (κ2) is 5.91. The van der Waals surface area contributed by atoms with Gasteiger partial charge in [0.2, 0.25) is 0 Å². The van der Waals surface area contributed by atoms with Gasteiger partial charge in [-0.25, -0.2) is 0 Å². The Morgan fingerprint density at radius 2 is 1.76 bits per heavy atom. The minimum atomic E-state index is 0.221. The van der Waals surface area contributed by atoms with E-state index in [4.69, 9.17) is 0 Å². The Hall–Kier alpha value is -1.23. The molecule has 0 saturated heterocycles. The van der Waals surface area contributed by atoms with Crippen molar-refractivity contribution in [3.63, 3.8) is 0 Å². The van der Waals surface area contributed by atoms with Crippen LogP contribution in [0, 0.1) is 3.57 Å². The molecule has 0 atom stereocenters. The van der Waals surface area contributed by atoms with Crippen LogP contribution in [0.5, 0.6) is 0 Å². The normalized spacial score (nSPS) is 10.2. The van der Waals surface area contributed by atoms with Crippen molar-refractivity contribution in [2.75, 3.05) is 0 Å². The predicted molar refractivity (Wildman–Crippen MR) is 75.8 cm³/mol. The Kier molecular flexibility index (Phi) is 4.25. The van der Waals surface area contributed by atoms with Crippen LogP contribution in [0.4, 0.5) is 0 Å². The summed E-state index contributed by atoms with van der Waals surface area (Å²) in [7, 11) is 0. The van der Waals surface area contributed by atoms with Crippen molar-refractivity contribution in [2.45, 2.75) is 12.8 Å². The van der Waals surface area contributed by atoms with E-state index in [1.54, 1.807) is 12.4 Å². The average Bonchev–Trinajstić information content (AvgIpc) is 2.33. The van der Waals surface area contributed by atoms with Gasteiger partial charge >= 0.3 is 0 Å². The van der Waals surface area contributed by atoms with Gasteiger partial charge in [0, 0.05) is 28.8 Å². The van der Waals surface area contributed by atoms with Gasteiger partial charge in [0.15, 0.2) is 0 Å². The Morgan fingerprint density at radius 1 is 1.06 bits per heavy atom. The summed E-state index contributed by atoms with van der Waals surface area (Å²) in [5.41, 5.74) is 2.04. The van der Waals surface area contributed by atoms with E-state index in [-0.39, 0.29) is 5.78 Å². The van der Waals surface area contributed by atoms with E-state index in [1.165, 1.54) is 3.57 Å². The number of halogens is 1. The van der Waals surface area contributed by atoms with Crippen LogP contribution in [0.15, 0.2) is 48.8 Å². The number of hydrogen-bond donors (Lipinski definition) is 0. The van der Waals surface area contributed by atoms with Crippen molar-refractivity contribution in [1.82, 2.24) is 4.98 Å². The lowest BCUT2D eigenvalue weighted by Crippen LogP contribution is -2.06. The summed E-state index contributed by atoms with van der Waals surface area (Å²) in [6.07, 6.45) is 4.41. The highest BCUT2D eigenvalue weighted by atomic mass is 127. The van der Waals surface area contributed by atoms with Crippen molar-refractivity contribution in [3.05, 3.63) is 63.5 Å². The molecule has 3 heteroatoms.